The largest absolute Gasteiger partial charge is 0.496 e. The summed E-state index contributed by atoms with van der Waals surface area (Å²) in [6, 6.07) is 4.13. The smallest absolute Gasteiger partial charge is 0.321 e. The zero-order valence-corrected chi connectivity index (χ0v) is 12.0. The zero-order chi connectivity index (χ0) is 14.7. The maximum Gasteiger partial charge on any atom is 0.321 e. The van der Waals surface area contributed by atoms with Crippen molar-refractivity contribution in [3.05, 3.63) is 29.3 Å². The molecule has 0 radical (unpaired) electrons. The Morgan fingerprint density at radius 1 is 1.20 bits per heavy atom. The molecular weight excluding hydrogens is 285 g/mol. The molecule has 20 heavy (non-hydrogen) atoms. The number of halogens is 2. The average molecular weight is 298 g/mol. The molecule has 0 aliphatic heterocycles. The van der Waals surface area contributed by atoms with Gasteiger partial charge in [-0.05, 0) is 43.6 Å². The van der Waals surface area contributed by atoms with Crippen LogP contribution in [0.2, 0.25) is 5.28 Å². The van der Waals surface area contributed by atoms with Crippen LogP contribution in [0, 0.1) is 5.82 Å². The summed E-state index contributed by atoms with van der Waals surface area (Å²) in [5.74, 6) is 0.199. The molecule has 0 bridgehead atoms. The lowest BCUT2D eigenvalue weighted by atomic mass is 10.2. The quantitative estimate of drug-likeness (QED) is 0.868. The van der Waals surface area contributed by atoms with Gasteiger partial charge in [0.1, 0.15) is 11.6 Å². The minimum atomic E-state index is -0.427. The fourth-order valence-corrected chi connectivity index (χ4v) is 1.72. The van der Waals surface area contributed by atoms with Gasteiger partial charge >= 0.3 is 6.01 Å². The Morgan fingerprint density at radius 2 is 1.95 bits per heavy atom. The van der Waals surface area contributed by atoms with Crippen LogP contribution in [-0.2, 0) is 0 Å². The van der Waals surface area contributed by atoms with E-state index in [-0.39, 0.29) is 23.2 Å². The molecule has 1 aromatic carbocycles. The van der Waals surface area contributed by atoms with Crippen LogP contribution in [0.5, 0.6) is 11.8 Å². The number of hydrogen-bond donors (Lipinski definition) is 0. The second kappa shape index (κ2) is 6.00. The normalized spacial score (nSPS) is 10.7. The summed E-state index contributed by atoms with van der Waals surface area (Å²) in [7, 11) is 1.48. The summed E-state index contributed by atoms with van der Waals surface area (Å²) >= 11 is 5.84. The molecule has 0 saturated heterocycles. The molecule has 0 aliphatic rings. The second-order valence-electron chi connectivity index (χ2n) is 4.22. The third kappa shape index (κ3) is 3.33. The maximum absolute atomic E-state index is 13.4. The molecular formula is C13H13ClFN3O2. The van der Waals surface area contributed by atoms with Crippen molar-refractivity contribution in [1.82, 2.24) is 15.0 Å². The van der Waals surface area contributed by atoms with E-state index in [1.165, 1.54) is 25.3 Å². The van der Waals surface area contributed by atoms with Crippen LogP contribution in [0.4, 0.5) is 4.39 Å². The molecule has 7 heteroatoms. The van der Waals surface area contributed by atoms with Crippen LogP contribution < -0.4 is 9.47 Å². The van der Waals surface area contributed by atoms with Crippen LogP contribution in [-0.4, -0.2) is 28.2 Å². The van der Waals surface area contributed by atoms with Crippen LogP contribution >= 0.6 is 11.6 Å². The van der Waals surface area contributed by atoms with Gasteiger partial charge in [0.15, 0.2) is 5.82 Å². The lowest BCUT2D eigenvalue weighted by molar-refractivity contribution is 0.222. The minimum Gasteiger partial charge on any atom is -0.496 e. The standard InChI is InChI=1S/C13H13ClFN3O2/c1-7(2)20-13-17-11(16-12(14)18-13)9-6-8(15)4-5-10(9)19-3/h4-7H,1-3H3. The van der Waals surface area contributed by atoms with Gasteiger partial charge in [0.05, 0.1) is 18.8 Å². The van der Waals surface area contributed by atoms with E-state index in [9.17, 15) is 4.39 Å². The first-order chi connectivity index (χ1) is 9.49. The van der Waals surface area contributed by atoms with Crippen LogP contribution in [0.1, 0.15) is 13.8 Å². The van der Waals surface area contributed by atoms with E-state index in [1.807, 2.05) is 13.8 Å². The Hall–Kier alpha value is -1.95. The number of methoxy groups -OCH3 is 1. The molecule has 0 amide bonds. The van der Waals surface area contributed by atoms with Gasteiger partial charge in [0, 0.05) is 0 Å². The SMILES string of the molecule is COc1ccc(F)cc1-c1nc(Cl)nc(OC(C)C)n1. The molecule has 0 unspecified atom stereocenters. The predicted molar refractivity (Wildman–Crippen MR) is 72.5 cm³/mol. The van der Waals surface area contributed by atoms with Crippen molar-refractivity contribution in [3.8, 4) is 23.1 Å². The van der Waals surface area contributed by atoms with Crippen molar-refractivity contribution >= 4 is 11.6 Å². The average Bonchev–Trinajstić information content (AvgIpc) is 2.37. The monoisotopic (exact) mass is 297 g/mol. The lowest BCUT2D eigenvalue weighted by Gasteiger charge is -2.10. The zero-order valence-electron chi connectivity index (χ0n) is 11.2. The summed E-state index contributed by atoms with van der Waals surface area (Å²) in [6.07, 6.45) is -0.115. The van der Waals surface area contributed by atoms with E-state index in [2.05, 4.69) is 15.0 Å². The third-order valence-corrected chi connectivity index (χ3v) is 2.50. The molecule has 1 aromatic heterocycles. The molecule has 0 aliphatic carbocycles. The fourth-order valence-electron chi connectivity index (χ4n) is 1.57. The number of rotatable bonds is 4. The summed E-state index contributed by atoms with van der Waals surface area (Å²) in [6.45, 7) is 3.67. The topological polar surface area (TPSA) is 57.1 Å². The molecule has 0 N–H and O–H groups in total. The number of benzene rings is 1. The Bertz CT molecular complexity index is 623. The first kappa shape index (κ1) is 14.5. The fraction of sp³-hybridized carbons (Fsp3) is 0.308. The van der Waals surface area contributed by atoms with Crippen molar-refractivity contribution in [2.24, 2.45) is 0 Å². The third-order valence-electron chi connectivity index (χ3n) is 2.33. The van der Waals surface area contributed by atoms with Crippen LogP contribution in [0.25, 0.3) is 11.4 Å². The number of nitrogens with zero attached hydrogens (tertiary/aromatic N) is 3. The number of ether oxygens (including phenoxy) is 2. The molecule has 1 heterocycles. The van der Waals surface area contributed by atoms with Gasteiger partial charge in [-0.1, -0.05) is 0 Å². The number of aromatic nitrogens is 3. The van der Waals surface area contributed by atoms with Crippen molar-refractivity contribution in [2.45, 2.75) is 20.0 Å². The molecule has 106 valence electrons. The molecule has 2 aromatic rings. The Kier molecular flexibility index (Phi) is 4.34. The summed E-state index contributed by atoms with van der Waals surface area (Å²) in [5.41, 5.74) is 0.380. The Labute approximate surface area is 120 Å². The Balaban J connectivity index is 2.51. The van der Waals surface area contributed by atoms with Crippen molar-refractivity contribution < 1.29 is 13.9 Å². The predicted octanol–water partition coefficient (Wildman–Crippen LogP) is 3.13. The first-order valence-corrected chi connectivity index (χ1v) is 6.29. The van der Waals surface area contributed by atoms with E-state index in [0.717, 1.165) is 0 Å². The highest BCUT2D eigenvalue weighted by molar-refractivity contribution is 6.28. The van der Waals surface area contributed by atoms with Gasteiger partial charge in [-0.25, -0.2) is 4.39 Å². The molecule has 0 saturated carbocycles. The summed E-state index contributed by atoms with van der Waals surface area (Å²) in [5, 5.41) is -0.0306. The Morgan fingerprint density at radius 3 is 2.60 bits per heavy atom. The second-order valence-corrected chi connectivity index (χ2v) is 4.56. The van der Waals surface area contributed by atoms with Crippen molar-refractivity contribution in [2.75, 3.05) is 7.11 Å². The highest BCUT2D eigenvalue weighted by Gasteiger charge is 2.14. The molecule has 0 fully saturated rings. The highest BCUT2D eigenvalue weighted by atomic mass is 35.5. The van der Waals surface area contributed by atoms with Gasteiger partial charge in [-0.3, -0.25) is 0 Å². The van der Waals surface area contributed by atoms with Crippen LogP contribution in [0.15, 0.2) is 18.2 Å². The van der Waals surface area contributed by atoms with Gasteiger partial charge in [-0.15, -0.1) is 0 Å². The molecule has 0 spiro atoms. The minimum absolute atomic E-state index is 0.0306. The number of hydrogen-bond acceptors (Lipinski definition) is 5. The van der Waals surface area contributed by atoms with Crippen molar-refractivity contribution in [3.63, 3.8) is 0 Å². The molecule has 2 rings (SSSR count). The van der Waals surface area contributed by atoms with Crippen molar-refractivity contribution in [1.29, 1.82) is 0 Å². The van der Waals surface area contributed by atoms with E-state index in [4.69, 9.17) is 21.1 Å². The van der Waals surface area contributed by atoms with E-state index >= 15 is 0 Å². The van der Waals surface area contributed by atoms with Gasteiger partial charge in [0.25, 0.3) is 0 Å². The highest BCUT2D eigenvalue weighted by Crippen LogP contribution is 2.29. The molecule has 5 nitrogen and oxygen atoms in total. The van der Waals surface area contributed by atoms with E-state index < -0.39 is 5.82 Å². The molecule has 0 atom stereocenters. The summed E-state index contributed by atoms with van der Waals surface area (Å²) < 4.78 is 23.9. The van der Waals surface area contributed by atoms with E-state index in [1.54, 1.807) is 0 Å². The van der Waals surface area contributed by atoms with Gasteiger partial charge < -0.3 is 9.47 Å². The summed E-state index contributed by atoms with van der Waals surface area (Å²) in [4.78, 5) is 12.0. The van der Waals surface area contributed by atoms with Gasteiger partial charge in [-0.2, -0.15) is 15.0 Å². The van der Waals surface area contributed by atoms with E-state index in [0.29, 0.717) is 11.3 Å². The van der Waals surface area contributed by atoms with Crippen LogP contribution in [0.3, 0.4) is 0 Å². The van der Waals surface area contributed by atoms with Gasteiger partial charge in [0.2, 0.25) is 5.28 Å². The first-order valence-electron chi connectivity index (χ1n) is 5.91. The maximum atomic E-state index is 13.4. The lowest BCUT2D eigenvalue weighted by Crippen LogP contribution is -2.10.